The van der Waals surface area contributed by atoms with E-state index in [4.69, 9.17) is 34.8 Å². The Balaban J connectivity index is 2.67. The zero-order valence-electron chi connectivity index (χ0n) is 8.90. The highest BCUT2D eigenvalue weighted by Gasteiger charge is 2.09. The lowest BCUT2D eigenvalue weighted by Crippen LogP contribution is -2.21. The summed E-state index contributed by atoms with van der Waals surface area (Å²) in [5.74, 6) is -0.250. The van der Waals surface area contributed by atoms with E-state index in [1.807, 2.05) is 0 Å². The molecule has 0 unspecified atom stereocenters. The summed E-state index contributed by atoms with van der Waals surface area (Å²) >= 11 is 17.3. The maximum absolute atomic E-state index is 11.7. The molecule has 0 aliphatic carbocycles. The number of hydrogen-bond donors (Lipinski definition) is 1. The number of rotatable bonds is 2. The van der Waals surface area contributed by atoms with Crippen LogP contribution >= 0.6 is 34.8 Å². The van der Waals surface area contributed by atoms with Crippen molar-refractivity contribution in [3.05, 3.63) is 50.4 Å². The minimum absolute atomic E-state index is 0.0135. The highest BCUT2D eigenvalue weighted by Crippen LogP contribution is 2.21. The highest BCUT2D eigenvalue weighted by molar-refractivity contribution is 6.34. The molecule has 0 saturated heterocycles. The van der Waals surface area contributed by atoms with Crippen LogP contribution in [0.2, 0.25) is 10.0 Å². The molecule has 4 nitrogen and oxygen atoms in total. The molecule has 7 heteroatoms. The van der Waals surface area contributed by atoms with Crippen LogP contribution in [0.15, 0.2) is 29.1 Å². The third-order valence-electron chi connectivity index (χ3n) is 2.20. The van der Waals surface area contributed by atoms with Crippen LogP contribution in [0.4, 0.5) is 0 Å². The quantitative estimate of drug-likeness (QED) is 0.868. The molecule has 0 saturated carbocycles. The Morgan fingerprint density at radius 3 is 2.33 bits per heavy atom. The third kappa shape index (κ3) is 2.61. The summed E-state index contributed by atoms with van der Waals surface area (Å²) in [7, 11) is 0. The molecule has 0 bridgehead atoms. The van der Waals surface area contributed by atoms with E-state index in [2.05, 4.69) is 5.10 Å². The molecule has 1 N–H and O–H groups in total. The fourth-order valence-corrected chi connectivity index (χ4v) is 2.13. The molecule has 2 aromatic rings. The third-order valence-corrected chi connectivity index (χ3v) is 2.89. The van der Waals surface area contributed by atoms with E-state index in [9.17, 15) is 9.90 Å². The maximum atomic E-state index is 11.7. The summed E-state index contributed by atoms with van der Waals surface area (Å²) < 4.78 is 1.08. The fourth-order valence-electron chi connectivity index (χ4n) is 1.42. The molecule has 1 aromatic carbocycles. The molecule has 0 atom stereocenters. The van der Waals surface area contributed by atoms with Gasteiger partial charge >= 0.3 is 0 Å². The van der Waals surface area contributed by atoms with Crippen LogP contribution in [0, 0.1) is 0 Å². The normalized spacial score (nSPS) is 10.6. The summed E-state index contributed by atoms with van der Waals surface area (Å²) in [6, 6.07) is 5.66. The maximum Gasteiger partial charge on any atom is 0.275 e. The minimum Gasteiger partial charge on any atom is -0.506 e. The molecule has 0 radical (unpaired) electrons. The number of nitrogens with zero attached hydrogens (tertiary/aromatic N) is 2. The Labute approximate surface area is 117 Å². The van der Waals surface area contributed by atoms with Crippen molar-refractivity contribution in [1.29, 1.82) is 0 Å². The number of benzene rings is 1. The smallest absolute Gasteiger partial charge is 0.275 e. The van der Waals surface area contributed by atoms with E-state index in [-0.39, 0.29) is 17.3 Å². The summed E-state index contributed by atoms with van der Waals surface area (Å²) in [4.78, 5) is 11.7. The van der Waals surface area contributed by atoms with Gasteiger partial charge in [-0.2, -0.15) is 9.78 Å². The second-order valence-corrected chi connectivity index (χ2v) is 4.63. The van der Waals surface area contributed by atoms with Crippen molar-refractivity contribution in [2.24, 2.45) is 0 Å². The first-order valence-electron chi connectivity index (χ1n) is 4.86. The minimum atomic E-state index is -0.500. The first kappa shape index (κ1) is 13.2. The zero-order chi connectivity index (χ0) is 13.3. The van der Waals surface area contributed by atoms with Gasteiger partial charge in [-0.1, -0.05) is 23.2 Å². The second kappa shape index (κ2) is 5.18. The summed E-state index contributed by atoms with van der Waals surface area (Å²) in [6.07, 6.45) is 0. The molecule has 1 aromatic heterocycles. The van der Waals surface area contributed by atoms with E-state index in [1.165, 1.54) is 12.1 Å². The van der Waals surface area contributed by atoms with Crippen molar-refractivity contribution in [3.63, 3.8) is 0 Å². The number of hydrogen-bond acceptors (Lipinski definition) is 3. The van der Waals surface area contributed by atoms with Crippen molar-refractivity contribution in [2.75, 3.05) is 0 Å². The molecule has 2 rings (SSSR count). The first-order chi connectivity index (χ1) is 8.51. The van der Waals surface area contributed by atoms with Gasteiger partial charge in [-0.05, 0) is 18.2 Å². The first-order valence-corrected chi connectivity index (χ1v) is 6.15. The number of alkyl halides is 1. The average molecular weight is 306 g/mol. The predicted octanol–water partition coefficient (Wildman–Crippen LogP) is 2.98. The summed E-state index contributed by atoms with van der Waals surface area (Å²) in [6.45, 7) is 0. The van der Waals surface area contributed by atoms with Crippen LogP contribution in [0.3, 0.4) is 0 Å². The van der Waals surface area contributed by atoms with Gasteiger partial charge in [0.05, 0.1) is 11.6 Å². The zero-order valence-corrected chi connectivity index (χ0v) is 11.2. The van der Waals surface area contributed by atoms with Crippen LogP contribution in [0.5, 0.6) is 5.75 Å². The molecule has 0 fully saturated rings. The molecule has 0 amide bonds. The molecular weight excluding hydrogens is 298 g/mol. The van der Waals surface area contributed by atoms with Gasteiger partial charge in [0.2, 0.25) is 0 Å². The van der Waals surface area contributed by atoms with Crippen molar-refractivity contribution in [1.82, 2.24) is 9.78 Å². The monoisotopic (exact) mass is 304 g/mol. The Hall–Kier alpha value is -1.23. The Bertz CT molecular complexity index is 635. The van der Waals surface area contributed by atoms with Gasteiger partial charge in [0.25, 0.3) is 5.56 Å². The number of aromatic hydroxyl groups is 1. The van der Waals surface area contributed by atoms with Crippen molar-refractivity contribution >= 4 is 34.8 Å². The van der Waals surface area contributed by atoms with Gasteiger partial charge in [0.1, 0.15) is 11.4 Å². The van der Waals surface area contributed by atoms with Crippen molar-refractivity contribution < 1.29 is 5.11 Å². The van der Waals surface area contributed by atoms with Crippen molar-refractivity contribution in [2.45, 2.75) is 5.88 Å². The van der Waals surface area contributed by atoms with Gasteiger partial charge in [-0.3, -0.25) is 4.79 Å². The lowest BCUT2D eigenvalue weighted by molar-refractivity contribution is 0.460. The Kier molecular flexibility index (Phi) is 3.80. The van der Waals surface area contributed by atoms with Gasteiger partial charge in [-0.15, -0.1) is 11.6 Å². The van der Waals surface area contributed by atoms with E-state index >= 15 is 0 Å². The van der Waals surface area contributed by atoms with E-state index < -0.39 is 5.56 Å². The van der Waals surface area contributed by atoms with Gasteiger partial charge in [0.15, 0.2) is 0 Å². The highest BCUT2D eigenvalue weighted by atomic mass is 35.5. The number of halogens is 3. The van der Waals surface area contributed by atoms with Crippen LogP contribution in [-0.2, 0) is 5.88 Å². The van der Waals surface area contributed by atoms with Gasteiger partial charge in [0, 0.05) is 16.1 Å². The van der Waals surface area contributed by atoms with E-state index in [0.29, 0.717) is 15.7 Å². The van der Waals surface area contributed by atoms with Crippen LogP contribution in [0.1, 0.15) is 5.69 Å². The Morgan fingerprint density at radius 2 is 1.78 bits per heavy atom. The van der Waals surface area contributed by atoms with Crippen LogP contribution in [0.25, 0.3) is 5.69 Å². The van der Waals surface area contributed by atoms with Gasteiger partial charge < -0.3 is 5.11 Å². The molecular formula is C11H7Cl3N2O2. The van der Waals surface area contributed by atoms with E-state index in [1.54, 1.807) is 6.07 Å². The molecule has 0 spiro atoms. The molecule has 94 valence electrons. The summed E-state index contributed by atoms with van der Waals surface area (Å²) in [5.41, 5.74) is 0.107. The topological polar surface area (TPSA) is 55.1 Å². The largest absolute Gasteiger partial charge is 0.506 e. The van der Waals surface area contributed by atoms with Gasteiger partial charge in [-0.25, -0.2) is 0 Å². The predicted molar refractivity (Wildman–Crippen MR) is 71.1 cm³/mol. The average Bonchev–Trinajstić information content (AvgIpc) is 2.27. The fraction of sp³-hybridized carbons (Fsp3) is 0.0909. The second-order valence-electron chi connectivity index (χ2n) is 3.49. The van der Waals surface area contributed by atoms with Crippen LogP contribution in [-0.4, -0.2) is 14.9 Å². The van der Waals surface area contributed by atoms with Crippen molar-refractivity contribution in [3.8, 4) is 11.4 Å². The SMILES string of the molecule is O=c1cc(O)c(CCl)nn1-c1cc(Cl)cc(Cl)c1. The molecule has 18 heavy (non-hydrogen) atoms. The molecule has 1 heterocycles. The van der Waals surface area contributed by atoms with Crippen LogP contribution < -0.4 is 5.56 Å². The Morgan fingerprint density at radius 1 is 1.17 bits per heavy atom. The summed E-state index contributed by atoms with van der Waals surface area (Å²) in [5, 5.41) is 14.2. The standard InChI is InChI=1S/C11H7Cl3N2O2/c12-5-9-10(17)4-11(18)16(15-9)8-2-6(13)1-7(14)3-8/h1-4,17H,5H2. The lowest BCUT2D eigenvalue weighted by atomic mass is 10.3. The lowest BCUT2D eigenvalue weighted by Gasteiger charge is -2.08. The molecule has 0 aliphatic heterocycles. The molecule has 0 aliphatic rings. The number of aromatic nitrogens is 2. The van der Waals surface area contributed by atoms with E-state index in [0.717, 1.165) is 10.7 Å².